The number of aliphatic hydroxyl groups is 1. The van der Waals surface area contributed by atoms with Gasteiger partial charge in [-0.2, -0.15) is 0 Å². The van der Waals surface area contributed by atoms with Gasteiger partial charge < -0.3 is 10.4 Å². The zero-order valence-electron chi connectivity index (χ0n) is 14.4. The topological polar surface area (TPSA) is 108 Å². The van der Waals surface area contributed by atoms with Crippen molar-refractivity contribution in [2.75, 3.05) is 16.7 Å². The molecule has 0 aromatic heterocycles. The first-order valence-corrected chi connectivity index (χ1v) is 10.3. The lowest BCUT2D eigenvalue weighted by molar-refractivity contribution is 0.103. The average molecular weight is 418 g/mol. The number of benzene rings is 3. The minimum absolute atomic E-state index is 0.0542. The second kappa shape index (κ2) is 7.06. The number of rotatable bonds is 6. The third-order valence-corrected chi connectivity index (χ3v) is 6.35. The molecule has 4 N–H and O–H groups in total. The summed E-state index contributed by atoms with van der Waals surface area (Å²) in [6, 6.07) is 14.6. The van der Waals surface area contributed by atoms with E-state index in [4.69, 9.17) is 11.8 Å². The van der Waals surface area contributed by atoms with E-state index >= 15 is 0 Å². The summed E-state index contributed by atoms with van der Waals surface area (Å²) in [5, 5.41) is 14.1. The molecule has 0 radical (unpaired) electrons. The van der Waals surface area contributed by atoms with E-state index in [2.05, 4.69) is 14.9 Å². The van der Waals surface area contributed by atoms with E-state index in [9.17, 15) is 18.3 Å². The van der Waals surface area contributed by atoms with Crippen molar-refractivity contribution in [2.24, 2.45) is 0 Å². The highest BCUT2D eigenvalue weighted by atomic mass is 35.5. The Morgan fingerprint density at radius 2 is 1.82 bits per heavy atom. The Morgan fingerprint density at radius 3 is 2.54 bits per heavy atom. The van der Waals surface area contributed by atoms with Gasteiger partial charge in [0.15, 0.2) is 0 Å². The molecule has 28 heavy (non-hydrogen) atoms. The maximum Gasteiger partial charge on any atom is 0.256 e. The summed E-state index contributed by atoms with van der Waals surface area (Å²) in [6.45, 7) is -0.198. The van der Waals surface area contributed by atoms with Crippen molar-refractivity contribution in [3.8, 4) is 0 Å². The van der Waals surface area contributed by atoms with E-state index in [-0.39, 0.29) is 17.3 Å². The summed E-state index contributed by atoms with van der Waals surface area (Å²) in [4.78, 5) is 14.5. The summed E-state index contributed by atoms with van der Waals surface area (Å²) in [7, 11) is -3.91. The van der Waals surface area contributed by atoms with Crippen LogP contribution in [0.2, 0.25) is 0 Å². The number of hydrogen-bond donors (Lipinski definition) is 4. The second-order valence-electron chi connectivity index (χ2n) is 6.38. The highest BCUT2D eigenvalue weighted by Crippen LogP contribution is 2.36. The van der Waals surface area contributed by atoms with Gasteiger partial charge in [-0.3, -0.25) is 9.63 Å². The molecule has 1 heterocycles. The van der Waals surface area contributed by atoms with Crippen molar-refractivity contribution in [3.63, 3.8) is 0 Å². The molecule has 144 valence electrons. The molecule has 1 aliphatic rings. The molecule has 0 saturated carbocycles. The van der Waals surface area contributed by atoms with Crippen LogP contribution in [0.5, 0.6) is 0 Å². The van der Waals surface area contributed by atoms with Gasteiger partial charge in [0.05, 0.1) is 11.0 Å². The molecule has 1 aliphatic heterocycles. The van der Waals surface area contributed by atoms with E-state index in [0.717, 1.165) is 0 Å². The van der Waals surface area contributed by atoms with Crippen LogP contribution in [0.15, 0.2) is 59.5 Å². The molecule has 0 saturated heterocycles. The van der Waals surface area contributed by atoms with Crippen molar-refractivity contribution in [3.05, 3.63) is 65.7 Å². The smallest absolute Gasteiger partial charge is 0.256 e. The number of halogens is 1. The normalized spacial score (nSPS) is 14.1. The molecule has 0 fully saturated rings. The quantitative estimate of drug-likeness (QED) is 0.461. The Labute approximate surface area is 166 Å². The Balaban J connectivity index is 1.61. The van der Waals surface area contributed by atoms with Gasteiger partial charge >= 0.3 is 0 Å². The highest BCUT2D eigenvalue weighted by molar-refractivity contribution is 7.89. The summed E-state index contributed by atoms with van der Waals surface area (Å²) in [5.41, 5.74) is 2.24. The van der Waals surface area contributed by atoms with E-state index in [1.54, 1.807) is 48.5 Å². The predicted molar refractivity (Wildman–Crippen MR) is 108 cm³/mol. The van der Waals surface area contributed by atoms with Crippen LogP contribution >= 0.6 is 11.8 Å². The van der Waals surface area contributed by atoms with Gasteiger partial charge in [-0.1, -0.05) is 24.3 Å². The van der Waals surface area contributed by atoms with Crippen LogP contribution in [-0.4, -0.2) is 26.0 Å². The number of anilines is 2. The van der Waals surface area contributed by atoms with E-state index < -0.39 is 16.1 Å². The number of aliphatic hydroxyl groups excluding tert-OH is 1. The van der Waals surface area contributed by atoms with Gasteiger partial charge in [0.1, 0.15) is 0 Å². The fourth-order valence-corrected chi connectivity index (χ4v) is 4.62. The molecule has 4 rings (SSSR count). The first kappa shape index (κ1) is 18.7. The molecule has 7 nitrogen and oxygen atoms in total. The molecule has 0 aliphatic carbocycles. The van der Waals surface area contributed by atoms with Crippen LogP contribution < -0.4 is 14.9 Å². The first-order chi connectivity index (χ1) is 13.4. The van der Waals surface area contributed by atoms with Crippen LogP contribution in [0.1, 0.15) is 22.0 Å². The first-order valence-electron chi connectivity index (χ1n) is 8.42. The molecule has 9 heteroatoms. The van der Waals surface area contributed by atoms with Crippen LogP contribution in [0.4, 0.5) is 11.4 Å². The van der Waals surface area contributed by atoms with Crippen LogP contribution in [-0.2, 0) is 10.0 Å². The zero-order chi connectivity index (χ0) is 19.9. The van der Waals surface area contributed by atoms with Crippen molar-refractivity contribution < 1.29 is 18.3 Å². The predicted octanol–water partition coefficient (Wildman–Crippen LogP) is 2.98. The van der Waals surface area contributed by atoms with Gasteiger partial charge in [0.2, 0.25) is 10.0 Å². The number of sulfonamides is 1. The monoisotopic (exact) mass is 417 g/mol. The Morgan fingerprint density at radius 1 is 1.07 bits per heavy atom. The van der Waals surface area contributed by atoms with Crippen LogP contribution in [0, 0.1) is 0 Å². The van der Waals surface area contributed by atoms with Gasteiger partial charge in [-0.25, -0.2) is 13.1 Å². The summed E-state index contributed by atoms with van der Waals surface area (Å²) in [5.74, 6) is -0.256. The lowest BCUT2D eigenvalue weighted by Crippen LogP contribution is -2.28. The summed E-state index contributed by atoms with van der Waals surface area (Å²) in [6.07, 6.45) is -1.03. The SMILES string of the molecule is O=C1Nc2ccc(S(=O)(=O)NCC(O)c3ccc(NCl)cc3)c3cccc1c23. The Bertz CT molecular complexity index is 1180. The van der Waals surface area contributed by atoms with Gasteiger partial charge in [0, 0.05) is 46.0 Å². The molecular formula is C19H16ClN3O4S. The van der Waals surface area contributed by atoms with Crippen molar-refractivity contribution in [2.45, 2.75) is 11.0 Å². The Hall–Kier alpha value is -2.65. The molecular weight excluding hydrogens is 402 g/mol. The number of hydrogen-bond acceptors (Lipinski definition) is 5. The molecule has 1 unspecified atom stereocenters. The van der Waals surface area contributed by atoms with E-state index in [0.29, 0.717) is 33.3 Å². The van der Waals surface area contributed by atoms with Crippen LogP contribution in [0.25, 0.3) is 10.8 Å². The number of amides is 1. The van der Waals surface area contributed by atoms with Gasteiger partial charge in [-0.15, -0.1) is 0 Å². The zero-order valence-corrected chi connectivity index (χ0v) is 16.0. The maximum atomic E-state index is 12.9. The summed E-state index contributed by atoms with van der Waals surface area (Å²) >= 11 is 5.50. The number of carbonyl (C=O) groups is 1. The second-order valence-corrected chi connectivity index (χ2v) is 8.30. The van der Waals surface area contributed by atoms with Crippen molar-refractivity contribution in [1.29, 1.82) is 0 Å². The largest absolute Gasteiger partial charge is 0.387 e. The maximum absolute atomic E-state index is 12.9. The lowest BCUT2D eigenvalue weighted by atomic mass is 10.1. The minimum Gasteiger partial charge on any atom is -0.387 e. The third-order valence-electron chi connectivity index (χ3n) is 4.65. The number of nitrogens with one attached hydrogen (secondary N) is 3. The Kier molecular flexibility index (Phi) is 4.72. The summed E-state index contributed by atoms with van der Waals surface area (Å²) < 4.78 is 28.1. The molecule has 1 atom stereocenters. The average Bonchev–Trinajstić information content (AvgIpc) is 3.04. The van der Waals surface area contributed by atoms with E-state index in [1.807, 2.05) is 0 Å². The van der Waals surface area contributed by atoms with Crippen LogP contribution in [0.3, 0.4) is 0 Å². The molecule has 1 amide bonds. The van der Waals surface area contributed by atoms with E-state index in [1.165, 1.54) is 6.07 Å². The molecule has 3 aromatic carbocycles. The van der Waals surface area contributed by atoms with Crippen molar-refractivity contribution in [1.82, 2.24) is 4.72 Å². The standard InChI is InChI=1S/C19H16ClN3O4S/c20-23-12-6-4-11(5-7-12)16(24)10-21-28(26,27)17-9-8-15-18-13(17)2-1-3-14(18)19(25)22-15/h1-9,16,21,23-24H,10H2,(H,22,25). The minimum atomic E-state index is -3.91. The molecule has 0 spiro atoms. The molecule has 0 bridgehead atoms. The van der Waals surface area contributed by atoms with Gasteiger partial charge in [0.25, 0.3) is 5.91 Å². The number of carbonyl (C=O) groups excluding carboxylic acids is 1. The third kappa shape index (κ3) is 3.20. The fraction of sp³-hybridized carbons (Fsp3) is 0.105. The lowest BCUT2D eigenvalue weighted by Gasteiger charge is -2.14. The highest BCUT2D eigenvalue weighted by Gasteiger charge is 2.26. The van der Waals surface area contributed by atoms with Crippen molar-refractivity contribution >= 4 is 49.9 Å². The fourth-order valence-electron chi connectivity index (χ4n) is 3.25. The molecule has 3 aromatic rings. The van der Waals surface area contributed by atoms with Gasteiger partial charge in [-0.05, 0) is 35.9 Å².